The number of nitrogens with one attached hydrogen (secondary N) is 1. The van der Waals surface area contributed by atoms with Gasteiger partial charge in [0.25, 0.3) is 0 Å². The molecule has 0 radical (unpaired) electrons. The molecule has 0 aliphatic carbocycles. The highest BCUT2D eigenvalue weighted by Crippen LogP contribution is 2.32. The molecule has 130 valence electrons. The number of amides is 1. The maximum atomic E-state index is 12.0. The van der Waals surface area contributed by atoms with Crippen LogP contribution in [0.1, 0.15) is 26.3 Å². The first-order valence-corrected chi connectivity index (χ1v) is 8.40. The topological polar surface area (TPSA) is 62.1 Å². The molecule has 0 aliphatic heterocycles. The monoisotopic (exact) mass is 344 g/mol. The molecule has 0 spiro atoms. The van der Waals surface area contributed by atoms with E-state index in [1.54, 1.807) is 12.1 Å². The Morgan fingerprint density at radius 1 is 1.00 bits per heavy atom. The van der Waals surface area contributed by atoms with Crippen molar-refractivity contribution in [2.45, 2.75) is 26.4 Å². The van der Waals surface area contributed by atoms with Gasteiger partial charge in [0.15, 0.2) is 0 Å². The predicted molar refractivity (Wildman–Crippen MR) is 104 cm³/mol. The van der Waals surface area contributed by atoms with E-state index in [9.17, 15) is 10.1 Å². The van der Waals surface area contributed by atoms with E-state index in [2.05, 4.69) is 11.4 Å². The van der Waals surface area contributed by atoms with Gasteiger partial charge in [-0.15, -0.1) is 0 Å². The van der Waals surface area contributed by atoms with Gasteiger partial charge in [-0.3, -0.25) is 5.32 Å². The third-order valence-corrected chi connectivity index (χ3v) is 3.87. The van der Waals surface area contributed by atoms with Crippen molar-refractivity contribution < 1.29 is 9.53 Å². The maximum absolute atomic E-state index is 12.0. The number of fused-ring (bicyclic) bond motifs is 1. The van der Waals surface area contributed by atoms with Gasteiger partial charge in [-0.05, 0) is 55.3 Å². The van der Waals surface area contributed by atoms with Crippen LogP contribution in [0.2, 0.25) is 0 Å². The lowest BCUT2D eigenvalue weighted by molar-refractivity contribution is 0.0636. The van der Waals surface area contributed by atoms with Crippen molar-refractivity contribution in [3.8, 4) is 17.2 Å². The van der Waals surface area contributed by atoms with Crippen LogP contribution in [-0.4, -0.2) is 11.7 Å². The fraction of sp³-hybridized carbons (Fsp3) is 0.182. The maximum Gasteiger partial charge on any atom is 0.412 e. The summed E-state index contributed by atoms with van der Waals surface area (Å²) in [7, 11) is 0. The summed E-state index contributed by atoms with van der Waals surface area (Å²) in [5, 5.41) is 14.4. The van der Waals surface area contributed by atoms with Gasteiger partial charge in [0, 0.05) is 11.3 Å². The van der Waals surface area contributed by atoms with Gasteiger partial charge in [0.2, 0.25) is 0 Å². The lowest BCUT2D eigenvalue weighted by Crippen LogP contribution is -2.27. The quantitative estimate of drug-likeness (QED) is 0.646. The van der Waals surface area contributed by atoms with Crippen molar-refractivity contribution in [3.63, 3.8) is 0 Å². The van der Waals surface area contributed by atoms with Gasteiger partial charge in [-0.25, -0.2) is 4.79 Å². The summed E-state index contributed by atoms with van der Waals surface area (Å²) in [5.74, 6) is 0. The number of rotatable bonds is 2. The van der Waals surface area contributed by atoms with Gasteiger partial charge in [-0.1, -0.05) is 42.5 Å². The van der Waals surface area contributed by atoms with Crippen LogP contribution in [0, 0.1) is 11.3 Å². The zero-order chi connectivity index (χ0) is 18.7. The van der Waals surface area contributed by atoms with E-state index < -0.39 is 11.7 Å². The Morgan fingerprint density at radius 3 is 2.46 bits per heavy atom. The molecule has 3 aromatic rings. The van der Waals surface area contributed by atoms with Crippen LogP contribution < -0.4 is 5.32 Å². The van der Waals surface area contributed by atoms with Crippen LogP contribution in [0.3, 0.4) is 0 Å². The third kappa shape index (κ3) is 3.84. The van der Waals surface area contributed by atoms with Crippen molar-refractivity contribution in [2.75, 3.05) is 5.32 Å². The summed E-state index contributed by atoms with van der Waals surface area (Å²) >= 11 is 0. The van der Waals surface area contributed by atoms with Crippen molar-refractivity contribution in [1.29, 1.82) is 5.26 Å². The van der Waals surface area contributed by atoms with E-state index >= 15 is 0 Å². The zero-order valence-electron chi connectivity index (χ0n) is 15.0. The second-order valence-electron chi connectivity index (χ2n) is 7.03. The van der Waals surface area contributed by atoms with Gasteiger partial charge in [-0.2, -0.15) is 5.26 Å². The zero-order valence-corrected chi connectivity index (χ0v) is 15.0. The van der Waals surface area contributed by atoms with Crippen molar-refractivity contribution in [1.82, 2.24) is 0 Å². The number of nitriles is 1. The van der Waals surface area contributed by atoms with Gasteiger partial charge >= 0.3 is 6.09 Å². The molecule has 0 aliphatic rings. The summed E-state index contributed by atoms with van der Waals surface area (Å²) in [6, 6.07) is 21.5. The van der Waals surface area contributed by atoms with E-state index in [-0.39, 0.29) is 0 Å². The van der Waals surface area contributed by atoms with Crippen LogP contribution in [0.4, 0.5) is 10.5 Å². The number of hydrogen-bond donors (Lipinski definition) is 1. The summed E-state index contributed by atoms with van der Waals surface area (Å²) in [6.07, 6.45) is -0.522. The molecule has 3 aromatic carbocycles. The van der Waals surface area contributed by atoms with Gasteiger partial charge in [0.05, 0.1) is 11.6 Å². The molecular formula is C22H20N2O2. The van der Waals surface area contributed by atoms with E-state index in [1.165, 1.54) is 0 Å². The van der Waals surface area contributed by atoms with Crippen LogP contribution >= 0.6 is 0 Å². The van der Waals surface area contributed by atoms with E-state index in [4.69, 9.17) is 4.74 Å². The Labute approximate surface area is 153 Å². The van der Waals surface area contributed by atoms with E-state index in [1.807, 2.05) is 69.3 Å². The average Bonchev–Trinajstić information content (AvgIpc) is 2.59. The minimum absolute atomic E-state index is 0.522. The molecule has 0 fully saturated rings. The SMILES string of the molecule is CC(C)(C)OC(=O)Nc1ccc(C#N)c(-c2cccc3ccccc23)c1. The van der Waals surface area contributed by atoms with E-state index in [0.717, 1.165) is 21.9 Å². The number of carbonyl (C=O) groups excluding carboxylic acids is 1. The molecule has 1 amide bonds. The van der Waals surface area contributed by atoms with Crippen LogP contribution in [0.5, 0.6) is 0 Å². The van der Waals surface area contributed by atoms with Crippen LogP contribution in [0.15, 0.2) is 60.7 Å². The van der Waals surface area contributed by atoms with Gasteiger partial charge < -0.3 is 4.74 Å². The Bertz CT molecular complexity index is 1010. The molecule has 3 rings (SSSR count). The molecule has 1 N–H and O–H groups in total. The van der Waals surface area contributed by atoms with Crippen molar-refractivity contribution in [3.05, 3.63) is 66.2 Å². The lowest BCUT2D eigenvalue weighted by Gasteiger charge is -2.20. The van der Waals surface area contributed by atoms with Crippen molar-refractivity contribution >= 4 is 22.6 Å². The normalized spacial score (nSPS) is 11.0. The number of nitrogens with zero attached hydrogens (tertiary/aromatic N) is 1. The first-order valence-electron chi connectivity index (χ1n) is 8.40. The molecule has 4 nitrogen and oxygen atoms in total. The molecule has 0 saturated carbocycles. The fourth-order valence-electron chi connectivity index (χ4n) is 2.82. The number of ether oxygens (including phenoxy) is 1. The lowest BCUT2D eigenvalue weighted by atomic mass is 9.94. The standard InChI is InChI=1S/C22H20N2O2/c1-22(2,3)26-21(25)24-17-12-11-16(14-23)20(13-17)19-10-6-8-15-7-4-5-9-18(15)19/h4-13H,1-3H3,(H,24,25). The number of carbonyl (C=O) groups is 1. The fourth-order valence-corrected chi connectivity index (χ4v) is 2.82. The summed E-state index contributed by atoms with van der Waals surface area (Å²) in [6.45, 7) is 5.44. The molecule has 26 heavy (non-hydrogen) atoms. The number of anilines is 1. The largest absolute Gasteiger partial charge is 0.444 e. The average molecular weight is 344 g/mol. The Morgan fingerprint density at radius 2 is 1.73 bits per heavy atom. The number of hydrogen-bond acceptors (Lipinski definition) is 3. The molecule has 0 bridgehead atoms. The smallest absolute Gasteiger partial charge is 0.412 e. The van der Waals surface area contributed by atoms with Crippen molar-refractivity contribution in [2.24, 2.45) is 0 Å². The van der Waals surface area contributed by atoms with E-state index in [0.29, 0.717) is 11.3 Å². The predicted octanol–water partition coefficient (Wildman–Crippen LogP) is 5.73. The first-order chi connectivity index (χ1) is 12.4. The minimum atomic E-state index is -0.574. The molecule has 0 heterocycles. The molecule has 0 saturated heterocycles. The van der Waals surface area contributed by atoms with Crippen LogP contribution in [0.25, 0.3) is 21.9 Å². The van der Waals surface area contributed by atoms with Crippen LogP contribution in [-0.2, 0) is 4.74 Å². The summed E-state index contributed by atoms with van der Waals surface area (Å²) in [5.41, 5.74) is 2.29. The third-order valence-electron chi connectivity index (χ3n) is 3.87. The number of benzene rings is 3. The minimum Gasteiger partial charge on any atom is -0.444 e. The second-order valence-corrected chi connectivity index (χ2v) is 7.03. The molecule has 0 atom stereocenters. The highest BCUT2D eigenvalue weighted by Gasteiger charge is 2.17. The Kier molecular flexibility index (Phi) is 4.64. The highest BCUT2D eigenvalue weighted by molar-refractivity contribution is 5.99. The molecule has 0 aromatic heterocycles. The second kappa shape index (κ2) is 6.89. The molecule has 4 heteroatoms. The van der Waals surface area contributed by atoms with Gasteiger partial charge in [0.1, 0.15) is 5.60 Å². The Hall–Kier alpha value is -3.32. The highest BCUT2D eigenvalue weighted by atomic mass is 16.6. The first kappa shape index (κ1) is 17.5. The molecular weight excluding hydrogens is 324 g/mol. The summed E-state index contributed by atoms with van der Waals surface area (Å²) in [4.78, 5) is 12.0. The summed E-state index contributed by atoms with van der Waals surface area (Å²) < 4.78 is 5.30. The Balaban J connectivity index is 2.04. The molecule has 0 unspecified atom stereocenters.